The number of Topliss-reactive ketones (excluding diaryl/α,β-unsaturated/α-hetero) is 1. The van der Waals surface area contributed by atoms with Crippen LogP contribution < -0.4 is 10.2 Å². The fourth-order valence-corrected chi connectivity index (χ4v) is 4.88. The van der Waals surface area contributed by atoms with Crippen LogP contribution in [0.5, 0.6) is 0 Å². The number of benzene rings is 2. The number of aromatic nitrogens is 2. The van der Waals surface area contributed by atoms with Crippen molar-refractivity contribution in [1.82, 2.24) is 14.9 Å². The van der Waals surface area contributed by atoms with Crippen molar-refractivity contribution in [2.75, 3.05) is 30.4 Å². The minimum Gasteiger partial charge on any atom is -0.466 e. The third-order valence-electron chi connectivity index (χ3n) is 6.99. The van der Waals surface area contributed by atoms with Gasteiger partial charge < -0.3 is 19.3 Å². The van der Waals surface area contributed by atoms with E-state index in [4.69, 9.17) is 9.47 Å². The molecule has 12 nitrogen and oxygen atoms in total. The van der Waals surface area contributed by atoms with Gasteiger partial charge in [0.25, 0.3) is 5.91 Å². The molecule has 3 aromatic rings. The second kappa shape index (κ2) is 14.7. The first-order valence-electron chi connectivity index (χ1n) is 15.1. The number of rotatable bonds is 8. The van der Waals surface area contributed by atoms with Gasteiger partial charge in [0.2, 0.25) is 11.9 Å². The van der Waals surface area contributed by atoms with Crippen LogP contribution in [0.15, 0.2) is 54.6 Å². The average Bonchev–Trinajstić information content (AvgIpc) is 3.09. The normalized spacial score (nSPS) is 13.5. The maximum absolute atomic E-state index is 14.1. The highest BCUT2D eigenvalue weighted by molar-refractivity contribution is 6.10. The van der Waals surface area contributed by atoms with Crippen LogP contribution >= 0.6 is 0 Å². The molecular weight excluding hydrogens is 602 g/mol. The first-order chi connectivity index (χ1) is 22.3. The summed E-state index contributed by atoms with van der Waals surface area (Å²) < 4.78 is 10.4. The summed E-state index contributed by atoms with van der Waals surface area (Å²) in [7, 11) is 1.58. The van der Waals surface area contributed by atoms with Crippen LogP contribution in [0, 0.1) is 18.8 Å². The van der Waals surface area contributed by atoms with Gasteiger partial charge in [-0.25, -0.2) is 14.8 Å². The van der Waals surface area contributed by atoms with Crippen molar-refractivity contribution in [2.24, 2.45) is 0 Å². The van der Waals surface area contributed by atoms with Gasteiger partial charge in [0.05, 0.1) is 36.7 Å². The highest BCUT2D eigenvalue weighted by atomic mass is 16.6. The quantitative estimate of drug-likeness (QED) is 0.207. The fourth-order valence-electron chi connectivity index (χ4n) is 4.88. The van der Waals surface area contributed by atoms with Crippen molar-refractivity contribution < 1.29 is 33.4 Å². The lowest BCUT2D eigenvalue weighted by Crippen LogP contribution is -2.41. The van der Waals surface area contributed by atoms with Gasteiger partial charge in [0.1, 0.15) is 17.8 Å². The molecule has 2 aromatic carbocycles. The van der Waals surface area contributed by atoms with Crippen molar-refractivity contribution >= 4 is 41.3 Å². The lowest BCUT2D eigenvalue weighted by molar-refractivity contribution is -0.144. The van der Waals surface area contributed by atoms with Gasteiger partial charge in [-0.3, -0.25) is 24.5 Å². The van der Waals surface area contributed by atoms with Gasteiger partial charge in [0, 0.05) is 18.3 Å². The zero-order valence-electron chi connectivity index (χ0n) is 27.2. The van der Waals surface area contributed by atoms with Crippen LogP contribution in [-0.2, 0) is 19.1 Å². The molecule has 0 saturated carbocycles. The number of carbonyl (C=O) groups is 5. The first kappa shape index (κ1) is 34.3. The highest BCUT2D eigenvalue weighted by Gasteiger charge is 2.36. The standard InChI is InChI=1S/C35H37N5O7/c1-7-46-31(43)20-28(24-13-9-8-10-14-24)40-21-30(42)39(6)27-17-16-23(19-25(27)32(40)44)12-11-15-29(41)26-18-22(2)36-33(37-26)38-34(45)47-35(3,4)5/h8-10,13-14,16-19,28H,7,15,20-21H2,1-6H3,(H,36,37,38,45). The molecule has 0 fully saturated rings. The van der Waals surface area contributed by atoms with Gasteiger partial charge in [0.15, 0.2) is 5.78 Å². The number of ketones is 1. The third-order valence-corrected chi connectivity index (χ3v) is 6.99. The molecule has 0 spiro atoms. The van der Waals surface area contributed by atoms with Crippen LogP contribution in [0.2, 0.25) is 0 Å². The van der Waals surface area contributed by atoms with Crippen LogP contribution in [-0.4, -0.2) is 70.3 Å². The Morgan fingerprint density at radius 1 is 1.04 bits per heavy atom. The Labute approximate surface area is 273 Å². The number of hydrogen-bond acceptors (Lipinski definition) is 9. The molecule has 0 bridgehead atoms. The molecule has 2 heterocycles. The van der Waals surface area contributed by atoms with Crippen molar-refractivity contribution in [1.29, 1.82) is 0 Å². The number of nitrogens with zero attached hydrogens (tertiary/aromatic N) is 4. The lowest BCUT2D eigenvalue weighted by atomic mass is 10.00. The van der Waals surface area contributed by atoms with Gasteiger partial charge in [-0.2, -0.15) is 0 Å². The second-order valence-electron chi connectivity index (χ2n) is 11.8. The number of nitrogens with one attached hydrogen (secondary N) is 1. The zero-order chi connectivity index (χ0) is 34.3. The third kappa shape index (κ3) is 9.00. The summed E-state index contributed by atoms with van der Waals surface area (Å²) in [4.78, 5) is 76.1. The van der Waals surface area contributed by atoms with E-state index in [1.165, 1.54) is 15.9 Å². The number of ether oxygens (including phenoxy) is 2. The molecule has 244 valence electrons. The molecule has 0 saturated heterocycles. The summed E-state index contributed by atoms with van der Waals surface area (Å²) in [6, 6.07) is 14.6. The molecule has 12 heteroatoms. The Kier molecular flexibility index (Phi) is 10.7. The molecule has 0 radical (unpaired) electrons. The van der Waals surface area contributed by atoms with Crippen molar-refractivity contribution in [3.63, 3.8) is 0 Å². The first-order valence-corrected chi connectivity index (χ1v) is 15.1. The molecular formula is C35H37N5O7. The van der Waals surface area contributed by atoms with Crippen molar-refractivity contribution in [3.05, 3.63) is 82.7 Å². The molecule has 1 atom stereocenters. The zero-order valence-corrected chi connectivity index (χ0v) is 27.2. The smallest absolute Gasteiger partial charge is 0.414 e. The number of likely N-dealkylation sites (N-methyl/N-ethyl adjacent to an activating group) is 1. The maximum Gasteiger partial charge on any atom is 0.414 e. The summed E-state index contributed by atoms with van der Waals surface area (Å²) in [5, 5.41) is 2.44. The Morgan fingerprint density at radius 3 is 2.45 bits per heavy atom. The van der Waals surface area contributed by atoms with Crippen molar-refractivity contribution in [2.45, 2.75) is 59.1 Å². The second-order valence-corrected chi connectivity index (χ2v) is 11.8. The fraction of sp³-hybridized carbons (Fsp3) is 0.343. The predicted octanol–water partition coefficient (Wildman–Crippen LogP) is 4.87. The molecule has 1 aliphatic heterocycles. The molecule has 3 amide bonds. The lowest BCUT2D eigenvalue weighted by Gasteiger charge is -2.30. The Hall–Kier alpha value is -5.57. The van der Waals surface area contributed by atoms with E-state index in [0.717, 1.165) is 0 Å². The van der Waals surface area contributed by atoms with E-state index in [9.17, 15) is 24.0 Å². The largest absolute Gasteiger partial charge is 0.466 e. The number of fused-ring (bicyclic) bond motifs is 1. The van der Waals surface area contributed by atoms with E-state index >= 15 is 0 Å². The number of anilines is 2. The van der Waals surface area contributed by atoms with Crippen LogP contribution in [0.25, 0.3) is 0 Å². The summed E-state index contributed by atoms with van der Waals surface area (Å²) >= 11 is 0. The summed E-state index contributed by atoms with van der Waals surface area (Å²) in [6.07, 6.45) is -1.08. The maximum atomic E-state index is 14.1. The number of carbonyl (C=O) groups excluding carboxylic acids is 5. The average molecular weight is 640 g/mol. The van der Waals surface area contributed by atoms with E-state index in [2.05, 4.69) is 27.1 Å². The summed E-state index contributed by atoms with van der Waals surface area (Å²) in [6.45, 7) is 8.46. The molecule has 0 aliphatic carbocycles. The van der Waals surface area contributed by atoms with Crippen LogP contribution in [0.1, 0.15) is 84.2 Å². The molecule has 47 heavy (non-hydrogen) atoms. The summed E-state index contributed by atoms with van der Waals surface area (Å²) in [5.41, 5.74) is 1.56. The van der Waals surface area contributed by atoms with Gasteiger partial charge >= 0.3 is 12.1 Å². The number of esters is 1. The molecule has 1 aliphatic rings. The van der Waals surface area contributed by atoms with Gasteiger partial charge in [-0.05, 0) is 64.4 Å². The minimum atomic E-state index is -0.749. The number of hydrogen-bond donors (Lipinski definition) is 1. The van der Waals surface area contributed by atoms with Gasteiger partial charge in [-0.1, -0.05) is 42.2 Å². The molecule has 1 unspecified atom stereocenters. The highest BCUT2D eigenvalue weighted by Crippen LogP contribution is 2.32. The predicted molar refractivity (Wildman–Crippen MR) is 174 cm³/mol. The SMILES string of the molecule is CCOC(=O)CC(c1ccccc1)N1CC(=O)N(C)c2ccc(C#CCC(=O)c3cc(C)nc(NC(=O)OC(C)(C)C)n3)cc2C1=O. The molecule has 1 N–H and O–H groups in total. The van der Waals surface area contributed by atoms with E-state index < -0.39 is 35.4 Å². The van der Waals surface area contributed by atoms with E-state index in [-0.39, 0.29) is 49.1 Å². The summed E-state index contributed by atoms with van der Waals surface area (Å²) in [5.74, 6) is 4.02. The number of amides is 3. The van der Waals surface area contributed by atoms with E-state index in [0.29, 0.717) is 22.5 Å². The van der Waals surface area contributed by atoms with Gasteiger partial charge in [-0.15, -0.1) is 0 Å². The molecule has 1 aromatic heterocycles. The monoisotopic (exact) mass is 639 g/mol. The van der Waals surface area contributed by atoms with Crippen molar-refractivity contribution in [3.8, 4) is 11.8 Å². The topological polar surface area (TPSA) is 148 Å². The Balaban J connectivity index is 1.58. The van der Waals surface area contributed by atoms with E-state index in [1.54, 1.807) is 84.1 Å². The minimum absolute atomic E-state index is 0.0688. The van der Waals surface area contributed by atoms with Crippen LogP contribution in [0.4, 0.5) is 16.4 Å². The molecule has 4 rings (SSSR count). The Bertz CT molecular complexity index is 1760. The van der Waals surface area contributed by atoms with E-state index in [1.807, 2.05) is 6.07 Å². The Morgan fingerprint density at radius 2 is 1.77 bits per heavy atom. The number of aryl methyl sites for hydroxylation is 1. The van der Waals surface area contributed by atoms with Crippen LogP contribution in [0.3, 0.4) is 0 Å².